The summed E-state index contributed by atoms with van der Waals surface area (Å²) in [4.78, 5) is 0. The molecule has 1 fully saturated rings. The molecule has 1 saturated heterocycles. The zero-order chi connectivity index (χ0) is 16.2. The zero-order valence-electron chi connectivity index (χ0n) is 14.0. The Labute approximate surface area is 134 Å². The van der Waals surface area contributed by atoms with E-state index in [-0.39, 0.29) is 13.2 Å². The molecule has 5 heteroatoms. The fourth-order valence-corrected chi connectivity index (χ4v) is 2.78. The van der Waals surface area contributed by atoms with E-state index in [1.807, 2.05) is 0 Å². The molecule has 0 unspecified atom stereocenters. The fourth-order valence-electron chi connectivity index (χ4n) is 2.78. The summed E-state index contributed by atoms with van der Waals surface area (Å²) in [6, 6.07) is 0. The third-order valence-electron chi connectivity index (χ3n) is 4.25. The van der Waals surface area contributed by atoms with Gasteiger partial charge in [0.25, 0.3) is 0 Å². The van der Waals surface area contributed by atoms with Crippen LogP contribution in [0, 0.1) is 0 Å². The van der Waals surface area contributed by atoms with E-state index < -0.39 is 24.4 Å². The van der Waals surface area contributed by atoms with Crippen LogP contribution >= 0.6 is 0 Å². The fraction of sp³-hybridized carbons (Fsp3) is 1.00. The number of aliphatic hydroxyl groups is 3. The molecular formula is C17H34O5. The topological polar surface area (TPSA) is 79.2 Å². The van der Waals surface area contributed by atoms with Crippen molar-refractivity contribution in [3.05, 3.63) is 0 Å². The Balaban J connectivity index is 1.87. The number of ether oxygens (including phenoxy) is 2. The highest BCUT2D eigenvalue weighted by molar-refractivity contribution is 4.87. The molecule has 5 nitrogen and oxygen atoms in total. The largest absolute Gasteiger partial charge is 0.388 e. The van der Waals surface area contributed by atoms with Gasteiger partial charge < -0.3 is 24.8 Å². The molecule has 0 amide bonds. The number of hydrogen-bond donors (Lipinski definition) is 3. The van der Waals surface area contributed by atoms with Crippen molar-refractivity contribution in [1.82, 2.24) is 0 Å². The van der Waals surface area contributed by atoms with Crippen molar-refractivity contribution in [3.63, 3.8) is 0 Å². The van der Waals surface area contributed by atoms with E-state index in [2.05, 4.69) is 6.92 Å². The van der Waals surface area contributed by atoms with Crippen molar-refractivity contribution >= 4 is 0 Å². The van der Waals surface area contributed by atoms with Crippen molar-refractivity contribution in [3.8, 4) is 0 Å². The van der Waals surface area contributed by atoms with E-state index >= 15 is 0 Å². The highest BCUT2D eigenvalue weighted by Crippen LogP contribution is 2.18. The molecule has 1 heterocycles. The molecule has 0 aliphatic carbocycles. The molecule has 0 aromatic rings. The lowest BCUT2D eigenvalue weighted by molar-refractivity contribution is -0.0813. The van der Waals surface area contributed by atoms with Crippen LogP contribution in [0.2, 0.25) is 0 Å². The Morgan fingerprint density at radius 3 is 2.14 bits per heavy atom. The van der Waals surface area contributed by atoms with E-state index in [0.29, 0.717) is 6.61 Å². The molecule has 0 aromatic heterocycles. The predicted molar refractivity (Wildman–Crippen MR) is 85.8 cm³/mol. The predicted octanol–water partition coefficient (Wildman–Crippen LogP) is 2.02. The van der Waals surface area contributed by atoms with Gasteiger partial charge in [-0.25, -0.2) is 0 Å². The normalized spacial score (nSPS) is 26.5. The van der Waals surface area contributed by atoms with Crippen molar-refractivity contribution in [2.24, 2.45) is 0 Å². The monoisotopic (exact) mass is 318 g/mol. The first-order chi connectivity index (χ1) is 10.7. The number of unbranched alkanes of at least 4 members (excludes halogenated alkanes) is 8. The third-order valence-corrected chi connectivity index (χ3v) is 4.25. The lowest BCUT2D eigenvalue weighted by atomic mass is 10.1. The van der Waals surface area contributed by atoms with Crippen molar-refractivity contribution in [1.29, 1.82) is 0 Å². The Hall–Kier alpha value is -0.200. The van der Waals surface area contributed by atoms with Crippen LogP contribution in [0.3, 0.4) is 0 Å². The molecule has 0 radical (unpaired) electrons. The van der Waals surface area contributed by atoms with Gasteiger partial charge in [0, 0.05) is 6.61 Å². The van der Waals surface area contributed by atoms with Gasteiger partial charge in [-0.15, -0.1) is 0 Å². The van der Waals surface area contributed by atoms with Gasteiger partial charge in [0.1, 0.15) is 24.4 Å². The van der Waals surface area contributed by atoms with Crippen molar-refractivity contribution in [2.75, 3.05) is 19.8 Å². The van der Waals surface area contributed by atoms with Crippen LogP contribution in [0.1, 0.15) is 64.7 Å². The Morgan fingerprint density at radius 2 is 1.59 bits per heavy atom. The Morgan fingerprint density at radius 1 is 1.00 bits per heavy atom. The second-order valence-corrected chi connectivity index (χ2v) is 6.33. The molecule has 0 saturated carbocycles. The van der Waals surface area contributed by atoms with Crippen LogP contribution in [0.5, 0.6) is 0 Å². The van der Waals surface area contributed by atoms with Crippen LogP contribution in [0.15, 0.2) is 0 Å². The van der Waals surface area contributed by atoms with Crippen molar-refractivity contribution < 1.29 is 24.8 Å². The minimum Gasteiger partial charge on any atom is -0.388 e. The lowest BCUT2D eigenvalue weighted by Crippen LogP contribution is -2.40. The molecule has 4 atom stereocenters. The maximum Gasteiger partial charge on any atom is 0.114 e. The van der Waals surface area contributed by atoms with E-state index in [4.69, 9.17) is 9.47 Å². The first kappa shape index (κ1) is 19.8. The van der Waals surface area contributed by atoms with Crippen LogP contribution in [0.4, 0.5) is 0 Å². The molecule has 1 aliphatic heterocycles. The number of rotatable bonds is 13. The maximum atomic E-state index is 9.86. The molecule has 1 aliphatic rings. The first-order valence-corrected chi connectivity index (χ1v) is 8.90. The number of aliphatic hydroxyl groups excluding tert-OH is 3. The summed E-state index contributed by atoms with van der Waals surface area (Å²) in [7, 11) is 0. The van der Waals surface area contributed by atoms with Gasteiger partial charge in [-0.1, -0.05) is 58.3 Å². The van der Waals surface area contributed by atoms with Crippen LogP contribution < -0.4 is 0 Å². The average molecular weight is 318 g/mol. The Kier molecular flexibility index (Phi) is 11.1. The lowest BCUT2D eigenvalue weighted by Gasteiger charge is -2.20. The highest BCUT2D eigenvalue weighted by atomic mass is 16.5. The summed E-state index contributed by atoms with van der Waals surface area (Å²) in [6.07, 6.45) is 7.85. The van der Waals surface area contributed by atoms with Gasteiger partial charge in [0.2, 0.25) is 0 Å². The molecule has 1 rings (SSSR count). The van der Waals surface area contributed by atoms with Gasteiger partial charge >= 0.3 is 0 Å². The van der Waals surface area contributed by atoms with E-state index in [1.165, 1.54) is 44.9 Å². The second kappa shape index (κ2) is 12.3. The zero-order valence-corrected chi connectivity index (χ0v) is 14.0. The van der Waals surface area contributed by atoms with Crippen molar-refractivity contribution in [2.45, 2.75) is 89.1 Å². The van der Waals surface area contributed by atoms with Gasteiger partial charge in [0.05, 0.1) is 13.2 Å². The van der Waals surface area contributed by atoms with Gasteiger partial charge in [0.15, 0.2) is 0 Å². The number of hydrogen-bond acceptors (Lipinski definition) is 5. The molecule has 0 bridgehead atoms. The van der Waals surface area contributed by atoms with Gasteiger partial charge in [-0.05, 0) is 6.42 Å². The summed E-state index contributed by atoms with van der Waals surface area (Å²) in [6.45, 7) is 3.07. The maximum absolute atomic E-state index is 9.86. The molecule has 3 N–H and O–H groups in total. The molecule has 0 spiro atoms. The highest BCUT2D eigenvalue weighted by Gasteiger charge is 2.39. The van der Waals surface area contributed by atoms with Gasteiger partial charge in [-0.3, -0.25) is 0 Å². The van der Waals surface area contributed by atoms with E-state index in [9.17, 15) is 15.3 Å². The summed E-state index contributed by atoms with van der Waals surface area (Å²) < 4.78 is 10.6. The molecule has 22 heavy (non-hydrogen) atoms. The minimum absolute atomic E-state index is 0.0706. The average Bonchev–Trinajstić information content (AvgIpc) is 2.84. The summed E-state index contributed by atoms with van der Waals surface area (Å²) >= 11 is 0. The summed E-state index contributed by atoms with van der Waals surface area (Å²) in [5.74, 6) is 0. The van der Waals surface area contributed by atoms with Crippen LogP contribution in [-0.4, -0.2) is 59.6 Å². The van der Waals surface area contributed by atoms with E-state index in [1.54, 1.807) is 0 Å². The SMILES string of the molecule is CCCCCCCCCCCOC[C@H](O)[C@H]1OC[C@@H](O)[C@H]1O. The Bertz CT molecular complexity index is 261. The van der Waals surface area contributed by atoms with Gasteiger partial charge in [-0.2, -0.15) is 0 Å². The second-order valence-electron chi connectivity index (χ2n) is 6.33. The molecule has 0 aromatic carbocycles. The van der Waals surface area contributed by atoms with Crippen LogP contribution in [-0.2, 0) is 9.47 Å². The standard InChI is InChI=1S/C17H34O5/c1-2-3-4-5-6-7-8-9-10-11-21-12-15(19)17-16(20)14(18)13-22-17/h14-20H,2-13H2,1H3/t14-,15+,16-,17-/m1/s1. The summed E-state index contributed by atoms with van der Waals surface area (Å²) in [5.41, 5.74) is 0. The van der Waals surface area contributed by atoms with Crippen LogP contribution in [0.25, 0.3) is 0 Å². The third kappa shape index (κ3) is 7.88. The molecule has 132 valence electrons. The smallest absolute Gasteiger partial charge is 0.114 e. The first-order valence-electron chi connectivity index (χ1n) is 8.90. The quantitative estimate of drug-likeness (QED) is 0.453. The summed E-state index contributed by atoms with van der Waals surface area (Å²) in [5, 5.41) is 28.8. The van der Waals surface area contributed by atoms with E-state index in [0.717, 1.165) is 12.8 Å². The molecular weight excluding hydrogens is 284 g/mol. The minimum atomic E-state index is -1.02.